The first kappa shape index (κ1) is 23.9. The number of hydrogen-bond acceptors (Lipinski definition) is 3. The van der Waals surface area contributed by atoms with Crippen LogP contribution in [0.25, 0.3) is 0 Å². The summed E-state index contributed by atoms with van der Waals surface area (Å²) in [5, 5.41) is 0. The summed E-state index contributed by atoms with van der Waals surface area (Å²) in [6.45, 7) is 4.61. The van der Waals surface area contributed by atoms with Gasteiger partial charge in [-0.05, 0) is 59.7 Å². The highest BCUT2D eigenvalue weighted by atomic mass is 15.3. The maximum atomic E-state index is 2.32. The van der Waals surface area contributed by atoms with E-state index in [9.17, 15) is 0 Å². The Morgan fingerprint density at radius 3 is 1.21 bits per heavy atom. The lowest BCUT2D eigenvalue weighted by Gasteiger charge is -2.40. The number of nitrogens with zero attached hydrogens (tertiary/aromatic N) is 3. The topological polar surface area (TPSA) is 9.72 Å². The van der Waals surface area contributed by atoms with Gasteiger partial charge >= 0.3 is 0 Å². The van der Waals surface area contributed by atoms with Crippen LogP contribution >= 0.6 is 0 Å². The van der Waals surface area contributed by atoms with E-state index in [1.54, 1.807) is 0 Å². The normalized spacial score (nSPS) is 14.4. The van der Waals surface area contributed by atoms with Crippen LogP contribution in [0.4, 0.5) is 39.8 Å². The Balaban J connectivity index is 0.000000142. The van der Waals surface area contributed by atoms with Crippen molar-refractivity contribution >= 4 is 39.8 Å². The molecule has 5 aromatic rings. The van der Waals surface area contributed by atoms with Crippen molar-refractivity contribution in [3.8, 4) is 0 Å². The second-order valence-electron chi connectivity index (χ2n) is 10.4. The van der Waals surface area contributed by atoms with Crippen LogP contribution in [0, 0.1) is 0 Å². The Morgan fingerprint density at radius 1 is 0.395 bits per heavy atom. The summed E-state index contributed by atoms with van der Waals surface area (Å²) in [6, 6.07) is 44.9. The molecule has 3 heteroatoms. The smallest absolute Gasteiger partial charge is 0.0699 e. The second-order valence-corrected chi connectivity index (χ2v) is 10.4. The van der Waals surface area contributed by atoms with Gasteiger partial charge in [0.15, 0.2) is 0 Å². The van der Waals surface area contributed by atoms with Crippen LogP contribution in [0.15, 0.2) is 127 Å². The Hall–Kier alpha value is -4.50. The van der Waals surface area contributed by atoms with Gasteiger partial charge in [0.1, 0.15) is 0 Å². The molecule has 188 valence electrons. The van der Waals surface area contributed by atoms with E-state index in [0.717, 1.165) is 0 Å². The van der Waals surface area contributed by atoms with Gasteiger partial charge in [-0.1, -0.05) is 92.7 Å². The van der Waals surface area contributed by atoms with Gasteiger partial charge in [0.05, 0.1) is 22.7 Å². The van der Waals surface area contributed by atoms with E-state index in [1.165, 1.54) is 50.9 Å². The molecule has 3 nitrogen and oxygen atoms in total. The highest BCUT2D eigenvalue weighted by Gasteiger charge is 2.34. The predicted octanol–water partition coefficient (Wildman–Crippen LogP) is 9.33. The van der Waals surface area contributed by atoms with E-state index in [1.807, 2.05) is 0 Å². The van der Waals surface area contributed by atoms with Gasteiger partial charge in [-0.15, -0.1) is 0 Å². The Kier molecular flexibility index (Phi) is 5.92. The van der Waals surface area contributed by atoms with Crippen molar-refractivity contribution in [2.24, 2.45) is 0 Å². The quantitative estimate of drug-likeness (QED) is 0.229. The molecule has 0 saturated carbocycles. The minimum Gasteiger partial charge on any atom is -0.344 e. The maximum absolute atomic E-state index is 2.32. The Morgan fingerprint density at radius 2 is 0.737 bits per heavy atom. The van der Waals surface area contributed by atoms with Gasteiger partial charge in [0, 0.05) is 36.6 Å². The summed E-state index contributed by atoms with van der Waals surface area (Å²) < 4.78 is 0. The standard InChI is InChI=1S/C19H16N2.C16H17N/c1-20-16-11-5-7-13-18(16)21(15-9-3-2-4-10-15)19-14-8-6-12-17(19)20;1-16(2)12-8-4-6-10-14(12)17(3)15-11-7-5-9-13(15)16/h2-14H,1H3;4-11H,1-3H3. The fourth-order valence-electron chi connectivity index (χ4n) is 5.85. The van der Waals surface area contributed by atoms with E-state index in [0.29, 0.717) is 0 Å². The molecule has 2 aliphatic rings. The van der Waals surface area contributed by atoms with Crippen LogP contribution in [-0.4, -0.2) is 14.1 Å². The van der Waals surface area contributed by atoms with Gasteiger partial charge in [-0.2, -0.15) is 0 Å². The third-order valence-electron chi connectivity index (χ3n) is 7.86. The van der Waals surface area contributed by atoms with E-state index in [2.05, 4.69) is 170 Å². The van der Waals surface area contributed by atoms with E-state index < -0.39 is 0 Å². The number of fused-ring (bicyclic) bond motifs is 4. The molecule has 2 aliphatic heterocycles. The molecule has 0 spiro atoms. The fraction of sp³-hybridized carbons (Fsp3) is 0.143. The summed E-state index contributed by atoms with van der Waals surface area (Å²) >= 11 is 0. The molecule has 0 atom stereocenters. The molecule has 0 radical (unpaired) electrons. The van der Waals surface area contributed by atoms with Crippen molar-refractivity contribution in [2.75, 3.05) is 28.8 Å². The monoisotopic (exact) mass is 495 g/mol. The van der Waals surface area contributed by atoms with Crippen molar-refractivity contribution in [3.05, 3.63) is 139 Å². The van der Waals surface area contributed by atoms with Gasteiger partial charge in [-0.25, -0.2) is 0 Å². The lowest BCUT2D eigenvalue weighted by Crippen LogP contribution is -2.30. The second kappa shape index (κ2) is 9.42. The van der Waals surface area contributed by atoms with Crippen molar-refractivity contribution in [1.29, 1.82) is 0 Å². The van der Waals surface area contributed by atoms with Crippen LogP contribution in [0.3, 0.4) is 0 Å². The Labute approximate surface area is 226 Å². The summed E-state index contributed by atoms with van der Waals surface area (Å²) in [5.74, 6) is 0. The average molecular weight is 496 g/mol. The van der Waals surface area contributed by atoms with Crippen LogP contribution in [-0.2, 0) is 5.41 Å². The van der Waals surface area contributed by atoms with Crippen molar-refractivity contribution in [3.63, 3.8) is 0 Å². The van der Waals surface area contributed by atoms with Crippen molar-refractivity contribution in [2.45, 2.75) is 19.3 Å². The molecule has 0 N–H and O–H groups in total. The number of anilines is 7. The van der Waals surface area contributed by atoms with E-state index in [4.69, 9.17) is 0 Å². The number of benzene rings is 5. The lowest BCUT2D eigenvalue weighted by atomic mass is 9.74. The highest BCUT2D eigenvalue weighted by molar-refractivity contribution is 5.97. The third kappa shape index (κ3) is 3.83. The van der Waals surface area contributed by atoms with E-state index in [-0.39, 0.29) is 5.41 Å². The molecule has 0 aliphatic carbocycles. The van der Waals surface area contributed by atoms with Gasteiger partial charge in [0.2, 0.25) is 0 Å². The molecule has 0 fully saturated rings. The van der Waals surface area contributed by atoms with Crippen molar-refractivity contribution in [1.82, 2.24) is 0 Å². The molecule has 0 saturated heterocycles. The third-order valence-corrected chi connectivity index (χ3v) is 7.86. The van der Waals surface area contributed by atoms with Crippen molar-refractivity contribution < 1.29 is 0 Å². The predicted molar refractivity (Wildman–Crippen MR) is 162 cm³/mol. The zero-order chi connectivity index (χ0) is 26.3. The van der Waals surface area contributed by atoms with Gasteiger partial charge < -0.3 is 14.7 Å². The molecule has 0 aromatic heterocycles. The molecule has 38 heavy (non-hydrogen) atoms. The minimum atomic E-state index is 0.0830. The minimum absolute atomic E-state index is 0.0830. The molecule has 0 unspecified atom stereocenters. The van der Waals surface area contributed by atoms with E-state index >= 15 is 0 Å². The average Bonchev–Trinajstić information content (AvgIpc) is 2.97. The molecular weight excluding hydrogens is 462 g/mol. The first-order chi connectivity index (χ1) is 18.5. The van der Waals surface area contributed by atoms with Gasteiger partial charge in [0.25, 0.3) is 0 Å². The summed E-state index contributed by atoms with van der Waals surface area (Å²) in [6.07, 6.45) is 0. The van der Waals surface area contributed by atoms with Crippen LogP contribution in [0.1, 0.15) is 25.0 Å². The molecule has 0 amide bonds. The SMILES string of the molecule is CN1c2ccccc2C(C)(C)c2ccccc21.CN1c2ccccc2N(c2ccccc2)c2ccccc21. The Bertz CT molecular complexity index is 1490. The maximum Gasteiger partial charge on any atom is 0.0699 e. The molecule has 2 heterocycles. The summed E-state index contributed by atoms with van der Waals surface area (Å²) in [7, 11) is 4.27. The highest BCUT2D eigenvalue weighted by Crippen LogP contribution is 2.50. The first-order valence-electron chi connectivity index (χ1n) is 13.2. The molecule has 5 aromatic carbocycles. The zero-order valence-electron chi connectivity index (χ0n) is 22.5. The molecule has 7 rings (SSSR count). The van der Waals surface area contributed by atoms with Crippen LogP contribution < -0.4 is 14.7 Å². The zero-order valence-corrected chi connectivity index (χ0v) is 22.5. The molecule has 0 bridgehead atoms. The first-order valence-corrected chi connectivity index (χ1v) is 13.2. The number of rotatable bonds is 1. The number of para-hydroxylation sites is 7. The van der Waals surface area contributed by atoms with Gasteiger partial charge in [-0.3, -0.25) is 0 Å². The van der Waals surface area contributed by atoms with Crippen LogP contribution in [0.5, 0.6) is 0 Å². The summed E-state index contributed by atoms with van der Waals surface area (Å²) in [5.41, 5.74) is 11.6. The largest absolute Gasteiger partial charge is 0.344 e. The summed E-state index contributed by atoms with van der Waals surface area (Å²) in [4.78, 5) is 6.87. The fourth-order valence-corrected chi connectivity index (χ4v) is 5.85. The van der Waals surface area contributed by atoms with Crippen LogP contribution in [0.2, 0.25) is 0 Å². The molecular formula is C35H33N3. The lowest BCUT2D eigenvalue weighted by molar-refractivity contribution is 0.629. The number of hydrogen-bond donors (Lipinski definition) is 0.